The first-order chi connectivity index (χ1) is 21.2. The molecule has 2 N–H and O–H groups in total. The van der Waals surface area contributed by atoms with Gasteiger partial charge in [-0.3, -0.25) is 0 Å². The normalized spacial score (nSPS) is 16.7. The van der Waals surface area contributed by atoms with E-state index in [4.69, 9.17) is 10.2 Å². The quantitative estimate of drug-likeness (QED) is 0.131. The van der Waals surface area contributed by atoms with Crippen molar-refractivity contribution >= 4 is 0 Å². The Morgan fingerprint density at radius 1 is 0.240 bits per heavy atom. The number of aliphatic hydroxyl groups excluding tert-OH is 2. The molecule has 0 heterocycles. The highest BCUT2D eigenvalue weighted by molar-refractivity contribution is 4.99. The van der Waals surface area contributed by atoms with Crippen molar-refractivity contribution < 1.29 is 152 Å². The van der Waals surface area contributed by atoms with E-state index in [0.717, 1.165) is 18.9 Å². The van der Waals surface area contributed by atoms with Gasteiger partial charge in [-0.25, -0.2) is 18.9 Å². The van der Waals surface area contributed by atoms with Gasteiger partial charge in [-0.15, -0.1) is 0 Å². The minimum absolute atomic E-state index is 0.940. The molecule has 0 aromatic carbocycles. The average Bonchev–Trinajstić information content (AvgIpc) is 2.85. The molecule has 0 unspecified atom stereocenters. The van der Waals surface area contributed by atoms with Gasteiger partial charge < -0.3 is 10.2 Å². The van der Waals surface area contributed by atoms with Crippen LogP contribution >= 0.6 is 0 Å². The lowest BCUT2D eigenvalue weighted by Crippen LogP contribution is -2.68. The number of aliphatic hydroxyl groups is 2. The van der Waals surface area contributed by atoms with E-state index in [1.165, 1.54) is 0 Å². The van der Waals surface area contributed by atoms with Crippen LogP contribution < -0.4 is 0 Å². The van der Waals surface area contributed by atoms with Gasteiger partial charge in [0, 0.05) is 0 Å². The molecule has 50 heavy (non-hydrogen) atoms. The smallest absolute Gasteiger partial charge is 0.390 e. The molecule has 0 spiro atoms. The van der Waals surface area contributed by atoms with E-state index in [1.54, 1.807) is 0 Å². The van der Waals surface area contributed by atoms with Crippen molar-refractivity contribution in [3.05, 3.63) is 0 Å². The van der Waals surface area contributed by atoms with Crippen LogP contribution in [-0.4, -0.2) is 108 Å². The Kier molecular flexibility index (Phi) is 12.2. The number of hydrogen-bond acceptors (Lipinski definition) is 6. The van der Waals surface area contributed by atoms with Gasteiger partial charge in [0.05, 0.1) is 0 Å². The lowest BCUT2D eigenvalue weighted by Gasteiger charge is -2.40. The van der Waals surface area contributed by atoms with E-state index in [1.807, 2.05) is 0 Å². The van der Waals surface area contributed by atoms with Crippen molar-refractivity contribution in [1.82, 2.24) is 0 Å². The van der Waals surface area contributed by atoms with E-state index in [0.29, 0.717) is 0 Å². The van der Waals surface area contributed by atoms with Crippen LogP contribution in [0.15, 0.2) is 0 Å². The molecule has 0 aliphatic rings. The highest BCUT2D eigenvalue weighted by Crippen LogP contribution is 2.59. The van der Waals surface area contributed by atoms with Gasteiger partial charge in [0.2, 0.25) is 0 Å². The molecule has 302 valence electrons. The van der Waals surface area contributed by atoms with Crippen LogP contribution in [0.3, 0.4) is 0 Å². The maximum atomic E-state index is 13.6. The summed E-state index contributed by atoms with van der Waals surface area (Å²) < 4.78 is 375. The van der Waals surface area contributed by atoms with E-state index >= 15 is 0 Å². The maximum absolute atomic E-state index is 13.6. The fourth-order valence-corrected chi connectivity index (χ4v) is 2.13. The fourth-order valence-electron chi connectivity index (χ4n) is 2.13. The lowest BCUT2D eigenvalue weighted by atomic mass is 10.1. The summed E-state index contributed by atoms with van der Waals surface area (Å²) in [5, 5.41) is 15.7. The number of ether oxygens (including phenoxy) is 4. The maximum Gasteiger partial charge on any atom is 0.453 e. The van der Waals surface area contributed by atoms with E-state index in [-0.39, 0.29) is 0 Å². The van der Waals surface area contributed by atoms with Crippen molar-refractivity contribution in [2.24, 2.45) is 0 Å². The number of rotatable bonds is 19. The average molecular weight is 826 g/mol. The Hall–Kier alpha value is -2.20. The zero-order chi connectivity index (χ0) is 41.2. The third-order valence-corrected chi connectivity index (χ3v) is 4.88. The monoisotopic (exact) mass is 826 g/mol. The summed E-state index contributed by atoms with van der Waals surface area (Å²) in [6, 6.07) is 0. The molecule has 0 rings (SSSR count). The van der Waals surface area contributed by atoms with Crippen LogP contribution in [0.5, 0.6) is 0 Å². The molecule has 0 aromatic heterocycles. The summed E-state index contributed by atoms with van der Waals surface area (Å²) in [5.74, 6) is -46.7. The molecule has 0 amide bonds. The van der Waals surface area contributed by atoms with Gasteiger partial charge in [0.25, 0.3) is 0 Å². The standard InChI is InChI=1S/C16H6F28O6/c17-3(18,1-45)5(21,22)9(29,30)47-13(37,38)15(41,42)49-11(33,34)7(25,26)8(27,28)12(35,36)50-16(43,44)14(39,40)48-10(31,32)6(23,24)4(19,20)2-46/h45-46H,1-2H2. The van der Waals surface area contributed by atoms with E-state index in [9.17, 15) is 123 Å². The number of halogens is 28. The molecule has 0 aromatic rings. The van der Waals surface area contributed by atoms with Crippen molar-refractivity contribution in [3.63, 3.8) is 0 Å². The van der Waals surface area contributed by atoms with Crippen LogP contribution in [-0.2, 0) is 18.9 Å². The Bertz CT molecular complexity index is 1090. The van der Waals surface area contributed by atoms with Crippen LogP contribution in [0.1, 0.15) is 0 Å². The second kappa shape index (κ2) is 12.7. The van der Waals surface area contributed by atoms with Gasteiger partial charge in [0.1, 0.15) is 13.2 Å². The predicted molar refractivity (Wildman–Crippen MR) is 87.8 cm³/mol. The molecule has 0 aliphatic heterocycles. The van der Waals surface area contributed by atoms with Crippen LogP contribution in [0, 0.1) is 0 Å². The third kappa shape index (κ3) is 7.77. The molecule has 0 aliphatic carbocycles. The summed E-state index contributed by atoms with van der Waals surface area (Å²) in [5.41, 5.74) is 0. The first-order valence-electron chi connectivity index (χ1n) is 10.5. The van der Waals surface area contributed by atoms with Crippen molar-refractivity contribution in [1.29, 1.82) is 0 Å². The SMILES string of the molecule is OCC(F)(F)C(F)(F)C(F)(F)OC(F)(F)C(F)(F)OC(F)(F)C(F)(F)C(F)(F)C(F)(F)OC(F)(F)C(F)(F)OC(F)(F)C(F)(F)C(F)(F)CO. The first kappa shape index (κ1) is 47.8. The van der Waals surface area contributed by atoms with Crippen LogP contribution in [0.2, 0.25) is 0 Å². The van der Waals surface area contributed by atoms with E-state index < -0.39 is 97.6 Å². The third-order valence-electron chi connectivity index (χ3n) is 4.88. The van der Waals surface area contributed by atoms with Gasteiger partial charge in [-0.05, 0) is 0 Å². The van der Waals surface area contributed by atoms with Crippen molar-refractivity contribution in [2.75, 3.05) is 13.2 Å². The largest absolute Gasteiger partial charge is 0.453 e. The molecule has 0 radical (unpaired) electrons. The Morgan fingerprint density at radius 2 is 0.380 bits per heavy atom. The summed E-state index contributed by atoms with van der Waals surface area (Å²) in [6.45, 7) is -7.00. The second-order valence-electron chi connectivity index (χ2n) is 8.57. The zero-order valence-corrected chi connectivity index (χ0v) is 21.5. The van der Waals surface area contributed by atoms with E-state index in [2.05, 4.69) is 0 Å². The topological polar surface area (TPSA) is 77.4 Å². The highest BCUT2D eigenvalue weighted by atomic mass is 19.4. The molecular weight excluding hydrogens is 820 g/mol. The predicted octanol–water partition coefficient (Wildman–Crippen LogP) is 7.59. The minimum atomic E-state index is -9.04. The molecule has 0 fully saturated rings. The second-order valence-corrected chi connectivity index (χ2v) is 8.57. The van der Waals surface area contributed by atoms with Crippen molar-refractivity contribution in [3.8, 4) is 0 Å². The summed E-state index contributed by atoms with van der Waals surface area (Å²) in [7, 11) is 0. The zero-order valence-electron chi connectivity index (χ0n) is 21.5. The number of hydrogen-bond donors (Lipinski definition) is 2. The van der Waals surface area contributed by atoms with Gasteiger partial charge in [-0.2, -0.15) is 123 Å². The molecule has 0 bridgehead atoms. The fraction of sp³-hybridized carbons (Fsp3) is 1.00. The van der Waals surface area contributed by atoms with Gasteiger partial charge in [-0.1, -0.05) is 0 Å². The summed E-state index contributed by atoms with van der Waals surface area (Å²) in [4.78, 5) is 0. The van der Waals surface area contributed by atoms with Crippen molar-refractivity contribution in [2.45, 2.75) is 84.4 Å². The molecular formula is C16H6F28O6. The highest BCUT2D eigenvalue weighted by Gasteiger charge is 2.88. The molecule has 0 atom stereocenters. The Balaban J connectivity index is 6.65. The molecule has 34 heteroatoms. The molecule has 0 saturated carbocycles. The summed E-state index contributed by atoms with van der Waals surface area (Å²) >= 11 is 0. The molecule has 0 saturated heterocycles. The molecule has 6 nitrogen and oxygen atoms in total. The Morgan fingerprint density at radius 3 is 0.520 bits per heavy atom. The first-order valence-corrected chi connectivity index (χ1v) is 10.5. The van der Waals surface area contributed by atoms with Crippen LogP contribution in [0.4, 0.5) is 123 Å². The van der Waals surface area contributed by atoms with Gasteiger partial charge >= 0.3 is 84.4 Å². The lowest BCUT2D eigenvalue weighted by molar-refractivity contribution is -0.572. The van der Waals surface area contributed by atoms with Gasteiger partial charge in [0.15, 0.2) is 0 Å². The Labute approximate surface area is 251 Å². The summed E-state index contributed by atoms with van der Waals surface area (Å²) in [6.07, 6.45) is -66.4. The minimum Gasteiger partial charge on any atom is -0.390 e. The number of alkyl halides is 28. The van der Waals surface area contributed by atoms with Crippen LogP contribution in [0.25, 0.3) is 0 Å².